The molecule has 12 N–H and O–H groups in total. The summed E-state index contributed by atoms with van der Waals surface area (Å²) in [6.45, 7) is -1.63. The highest BCUT2D eigenvalue weighted by atomic mass is 16.7. The summed E-state index contributed by atoms with van der Waals surface area (Å²) in [4.78, 5) is 45.2. The first-order valence-corrected chi connectivity index (χ1v) is 16.2. The van der Waals surface area contributed by atoms with Gasteiger partial charge in [0.1, 0.15) is 91.8 Å². The number of ether oxygens (including phenoxy) is 6. The Morgan fingerprint density at radius 2 is 1.07 bits per heavy atom. The van der Waals surface area contributed by atoms with Gasteiger partial charge in [-0.25, -0.2) is 4.42 Å². The number of carboxylic acid groups (broad SMARTS) is 2. The predicted octanol–water partition coefficient (Wildman–Crippen LogP) is -2.39. The highest BCUT2D eigenvalue weighted by Crippen LogP contribution is 2.45. The minimum absolute atomic E-state index is 0.167. The summed E-state index contributed by atoms with van der Waals surface area (Å²) in [5, 5.41) is 122. The lowest BCUT2D eigenvalue weighted by Crippen LogP contribution is -2.60. The number of carbonyl (C=O) groups excluding carboxylic acids is 2. The Morgan fingerprint density at radius 3 is 1.54 bits per heavy atom. The van der Waals surface area contributed by atoms with Crippen LogP contribution in [0.1, 0.15) is 12.8 Å². The minimum Gasteiger partial charge on any atom is -0.507 e. The molecule has 2 fully saturated rings. The highest BCUT2D eigenvalue weighted by molar-refractivity contribution is 5.91. The van der Waals surface area contributed by atoms with Gasteiger partial charge < -0.3 is 89.7 Å². The van der Waals surface area contributed by atoms with E-state index in [1.165, 1.54) is 0 Å². The summed E-state index contributed by atoms with van der Waals surface area (Å²) < 4.78 is 38.2. The zero-order chi connectivity index (χ0) is 41.2. The average Bonchev–Trinajstić information content (AvgIpc) is 3.12. The van der Waals surface area contributed by atoms with Crippen LogP contribution in [-0.4, -0.2) is 160 Å². The van der Waals surface area contributed by atoms with Gasteiger partial charge in [-0.2, -0.15) is 0 Å². The number of rotatable bonds is 13. The molecular weight excluding hydrogens is 764 g/mol. The summed E-state index contributed by atoms with van der Waals surface area (Å²) in [5.74, 6) is -10.0. The maximum atomic E-state index is 11.8. The van der Waals surface area contributed by atoms with Crippen molar-refractivity contribution >= 4 is 34.8 Å². The summed E-state index contributed by atoms with van der Waals surface area (Å²) in [6.07, 6.45) is -21.0. The molecule has 3 aromatic rings. The number of benzene rings is 2. The second-order valence-corrected chi connectivity index (χ2v) is 12.4. The van der Waals surface area contributed by atoms with Crippen LogP contribution in [-0.2, 0) is 38.1 Å². The molecule has 2 aromatic carbocycles. The van der Waals surface area contributed by atoms with E-state index in [9.17, 15) is 70.2 Å². The lowest BCUT2D eigenvalue weighted by atomic mass is 9.99. The standard InChI is InChI=1S/C33H34O23/c34-11-3-15-12(16(4-11)53-32-29(48)27(46)25(44)18(55-32)8-50-22(41)6-20(37)38)5-17(31(52-15)10-1-13(35)24(43)14(36)2-10)54-33-30(49)28(47)26(45)19(56-33)9-51-23(42)7-21(39)40/h1-5,18-19,25-30,32-33,44-49H,6-9H2,(H5-,34,35,36,37,38,39,40,43)/p+1/t18?,19?,25-,26-,27+,28?,29?,30?,32-,33-/m1/s1. The number of phenols is 4. The summed E-state index contributed by atoms with van der Waals surface area (Å²) in [6, 6.07) is 4.88. The van der Waals surface area contributed by atoms with Gasteiger partial charge in [0.15, 0.2) is 17.2 Å². The number of fused-ring (bicyclic) bond motifs is 1. The van der Waals surface area contributed by atoms with Crippen LogP contribution < -0.4 is 9.47 Å². The SMILES string of the molecule is O=C(O)CC(=O)OCC1O[C@@H](Oc2cc3c(O[C@@H]4OC(COC(=O)CC(=O)O)[C@@H](O)[C@H](O)C4O)cc(O)cc3[o+]c2-c2cc(O)c(O)c(O)c2)C(O)C(O)[C@@H]1O. The Hall–Kier alpha value is -5.79. The van der Waals surface area contributed by atoms with E-state index in [0.717, 1.165) is 30.3 Å². The zero-order valence-electron chi connectivity index (χ0n) is 28.3. The van der Waals surface area contributed by atoms with E-state index in [1.807, 2.05) is 0 Å². The molecule has 0 amide bonds. The van der Waals surface area contributed by atoms with Crippen LogP contribution in [0.4, 0.5) is 0 Å². The Morgan fingerprint density at radius 1 is 0.607 bits per heavy atom. The molecule has 56 heavy (non-hydrogen) atoms. The molecule has 5 rings (SSSR count). The quantitative estimate of drug-likeness (QED) is 0.0371. The first-order valence-electron chi connectivity index (χ1n) is 16.2. The fourth-order valence-electron chi connectivity index (χ4n) is 5.54. The van der Waals surface area contributed by atoms with E-state index in [-0.39, 0.29) is 16.5 Å². The van der Waals surface area contributed by atoms with Crippen molar-refractivity contribution in [3.8, 4) is 45.8 Å². The molecule has 3 heterocycles. The van der Waals surface area contributed by atoms with Gasteiger partial charge >= 0.3 is 35.2 Å². The summed E-state index contributed by atoms with van der Waals surface area (Å²) in [7, 11) is 0. The van der Waals surface area contributed by atoms with Gasteiger partial charge in [-0.15, -0.1) is 0 Å². The Labute approximate surface area is 311 Å². The van der Waals surface area contributed by atoms with Crippen LogP contribution in [0.25, 0.3) is 22.3 Å². The molecule has 304 valence electrons. The minimum atomic E-state index is -2.06. The van der Waals surface area contributed by atoms with Gasteiger partial charge in [-0.3, -0.25) is 19.2 Å². The lowest BCUT2D eigenvalue weighted by molar-refractivity contribution is -0.278. The topological polar surface area (TPSA) is 378 Å². The fourth-order valence-corrected chi connectivity index (χ4v) is 5.54. The summed E-state index contributed by atoms with van der Waals surface area (Å²) in [5.41, 5.74) is -0.503. The smallest absolute Gasteiger partial charge is 0.402 e. The number of hydrogen-bond acceptors (Lipinski definition) is 20. The number of carboxylic acids is 2. The van der Waals surface area contributed by atoms with Crippen molar-refractivity contribution in [2.24, 2.45) is 0 Å². The largest absolute Gasteiger partial charge is 0.507 e. The van der Waals surface area contributed by atoms with Crippen LogP contribution in [0.5, 0.6) is 34.5 Å². The number of esters is 2. The molecule has 5 unspecified atom stereocenters. The molecule has 0 spiro atoms. The maximum Gasteiger partial charge on any atom is 0.402 e. The van der Waals surface area contributed by atoms with Gasteiger partial charge in [0, 0.05) is 24.3 Å². The average molecular weight is 800 g/mol. The Balaban J connectivity index is 1.53. The monoisotopic (exact) mass is 799 g/mol. The first-order chi connectivity index (χ1) is 26.3. The Bertz CT molecular complexity index is 1940. The highest BCUT2D eigenvalue weighted by Gasteiger charge is 2.48. The molecule has 2 aliphatic heterocycles. The molecule has 2 saturated heterocycles. The zero-order valence-corrected chi connectivity index (χ0v) is 28.3. The number of phenolic OH excluding ortho intramolecular Hbond substituents is 4. The number of carbonyl (C=O) groups is 4. The third-order valence-corrected chi connectivity index (χ3v) is 8.36. The molecule has 1 aromatic heterocycles. The molecule has 0 aliphatic carbocycles. The number of aromatic hydroxyl groups is 4. The third-order valence-electron chi connectivity index (χ3n) is 8.36. The van der Waals surface area contributed by atoms with Crippen LogP contribution in [0, 0.1) is 0 Å². The van der Waals surface area contributed by atoms with Gasteiger partial charge in [0.05, 0.1) is 11.6 Å². The molecule has 23 heteroatoms. The molecule has 23 nitrogen and oxygen atoms in total. The molecule has 0 radical (unpaired) electrons. The molecular formula is C33H35O23+. The van der Waals surface area contributed by atoms with E-state index in [4.69, 9.17) is 43.1 Å². The van der Waals surface area contributed by atoms with Crippen molar-refractivity contribution in [3.05, 3.63) is 30.3 Å². The predicted molar refractivity (Wildman–Crippen MR) is 174 cm³/mol. The van der Waals surface area contributed by atoms with Crippen molar-refractivity contribution < 1.29 is 113 Å². The van der Waals surface area contributed by atoms with Gasteiger partial charge in [0.2, 0.25) is 18.3 Å². The number of hydrogen-bond donors (Lipinski definition) is 12. The second kappa shape index (κ2) is 16.9. The van der Waals surface area contributed by atoms with Gasteiger partial charge in [-0.05, 0) is 0 Å². The molecule has 0 bridgehead atoms. The van der Waals surface area contributed by atoms with Crippen molar-refractivity contribution in [1.29, 1.82) is 0 Å². The van der Waals surface area contributed by atoms with Gasteiger partial charge in [0.25, 0.3) is 0 Å². The van der Waals surface area contributed by atoms with Crippen LogP contribution >= 0.6 is 0 Å². The van der Waals surface area contributed by atoms with Crippen molar-refractivity contribution in [3.63, 3.8) is 0 Å². The molecule has 2 aliphatic rings. The molecule has 10 atom stereocenters. The van der Waals surface area contributed by atoms with E-state index < -0.39 is 152 Å². The molecule has 0 saturated carbocycles. The van der Waals surface area contributed by atoms with Crippen molar-refractivity contribution in [1.82, 2.24) is 0 Å². The number of aliphatic hydroxyl groups is 6. The van der Waals surface area contributed by atoms with E-state index in [2.05, 4.69) is 0 Å². The van der Waals surface area contributed by atoms with Gasteiger partial charge in [-0.1, -0.05) is 0 Å². The second-order valence-electron chi connectivity index (χ2n) is 12.4. The van der Waals surface area contributed by atoms with Crippen LogP contribution in [0.2, 0.25) is 0 Å². The normalized spacial score (nSPS) is 27.6. The van der Waals surface area contributed by atoms with Crippen molar-refractivity contribution in [2.45, 2.75) is 74.3 Å². The summed E-state index contributed by atoms with van der Waals surface area (Å²) >= 11 is 0. The third kappa shape index (κ3) is 9.18. The maximum absolute atomic E-state index is 11.8. The van der Waals surface area contributed by atoms with Crippen molar-refractivity contribution in [2.75, 3.05) is 13.2 Å². The lowest BCUT2D eigenvalue weighted by Gasteiger charge is -2.40. The van der Waals surface area contributed by atoms with E-state index in [1.54, 1.807) is 0 Å². The number of aliphatic hydroxyl groups excluding tert-OH is 6. The Kier molecular flexibility index (Phi) is 12.5. The van der Waals surface area contributed by atoms with Crippen LogP contribution in [0.15, 0.2) is 34.7 Å². The number of aliphatic carboxylic acids is 2. The van der Waals surface area contributed by atoms with E-state index >= 15 is 0 Å². The fraction of sp³-hybridized carbons (Fsp3) is 0.424. The van der Waals surface area contributed by atoms with E-state index in [0.29, 0.717) is 0 Å². The van der Waals surface area contributed by atoms with Crippen LogP contribution in [0.3, 0.4) is 0 Å². The first kappa shape index (κ1) is 41.4.